The van der Waals surface area contributed by atoms with Gasteiger partial charge in [0.2, 0.25) is 11.8 Å². The highest BCUT2D eigenvalue weighted by atomic mass is 16.2. The van der Waals surface area contributed by atoms with Crippen molar-refractivity contribution in [2.75, 3.05) is 11.9 Å². The summed E-state index contributed by atoms with van der Waals surface area (Å²) in [7, 11) is 0. The monoisotopic (exact) mass is 316 g/mol. The summed E-state index contributed by atoms with van der Waals surface area (Å²) in [4.78, 5) is 26.1. The van der Waals surface area contributed by atoms with Gasteiger partial charge < -0.3 is 10.2 Å². The first-order valence-corrected chi connectivity index (χ1v) is 8.61. The van der Waals surface area contributed by atoms with Crippen molar-refractivity contribution in [2.24, 2.45) is 0 Å². The van der Waals surface area contributed by atoms with Crippen LogP contribution in [0.3, 0.4) is 0 Å². The van der Waals surface area contributed by atoms with Crippen LogP contribution in [0.25, 0.3) is 0 Å². The van der Waals surface area contributed by atoms with Crippen molar-refractivity contribution in [3.8, 4) is 0 Å². The number of benzene rings is 1. The van der Waals surface area contributed by atoms with Crippen molar-refractivity contribution in [1.29, 1.82) is 0 Å². The van der Waals surface area contributed by atoms with E-state index in [0.29, 0.717) is 0 Å². The summed E-state index contributed by atoms with van der Waals surface area (Å²) in [6.07, 6.45) is 6.78. The van der Waals surface area contributed by atoms with Crippen molar-refractivity contribution >= 4 is 17.5 Å². The largest absolute Gasteiger partial charge is 0.331 e. The van der Waals surface area contributed by atoms with Gasteiger partial charge in [0.15, 0.2) is 0 Å². The maximum Gasteiger partial charge on any atom is 0.244 e. The van der Waals surface area contributed by atoms with Gasteiger partial charge >= 0.3 is 0 Å². The number of rotatable bonds is 4. The molecular weight excluding hydrogens is 288 g/mol. The summed E-state index contributed by atoms with van der Waals surface area (Å²) >= 11 is 0. The standard InChI is InChI=1S/C19H28N2O2/c1-14-10-15(2)12-17(11-14)20-19(23)13-21(16(3)22)18-8-6-4-5-7-9-18/h10-12,18H,4-9,13H2,1-3H3,(H,20,23). The lowest BCUT2D eigenvalue weighted by Crippen LogP contribution is -2.43. The van der Waals surface area contributed by atoms with E-state index >= 15 is 0 Å². The molecule has 2 amide bonds. The van der Waals surface area contributed by atoms with E-state index in [1.165, 1.54) is 12.8 Å². The van der Waals surface area contributed by atoms with Crippen molar-refractivity contribution in [2.45, 2.75) is 65.3 Å². The Labute approximate surface area is 139 Å². The number of anilines is 1. The Morgan fingerprint density at radius 1 is 1.04 bits per heavy atom. The third kappa shape index (κ3) is 5.38. The van der Waals surface area contributed by atoms with Crippen molar-refractivity contribution in [3.63, 3.8) is 0 Å². The van der Waals surface area contributed by atoms with Crippen LogP contribution in [0.1, 0.15) is 56.6 Å². The summed E-state index contributed by atoms with van der Waals surface area (Å²) in [6, 6.07) is 6.19. The van der Waals surface area contributed by atoms with Gasteiger partial charge in [-0.2, -0.15) is 0 Å². The van der Waals surface area contributed by atoms with E-state index in [-0.39, 0.29) is 24.4 Å². The van der Waals surface area contributed by atoms with Crippen LogP contribution >= 0.6 is 0 Å². The first-order chi connectivity index (χ1) is 11.0. The van der Waals surface area contributed by atoms with Crippen molar-refractivity contribution in [1.82, 2.24) is 4.90 Å². The fraction of sp³-hybridized carbons (Fsp3) is 0.579. The number of hydrogen-bond donors (Lipinski definition) is 1. The van der Waals surface area contributed by atoms with E-state index in [1.54, 1.807) is 11.8 Å². The molecule has 2 rings (SSSR count). The summed E-state index contributed by atoms with van der Waals surface area (Å²) < 4.78 is 0. The summed E-state index contributed by atoms with van der Waals surface area (Å²) in [5.74, 6) is -0.123. The van der Waals surface area contributed by atoms with Gasteiger partial charge in [0.25, 0.3) is 0 Å². The molecule has 1 aliphatic carbocycles. The first-order valence-electron chi connectivity index (χ1n) is 8.61. The molecule has 4 heteroatoms. The number of nitrogens with zero attached hydrogens (tertiary/aromatic N) is 1. The second-order valence-electron chi connectivity index (χ2n) is 6.72. The molecule has 126 valence electrons. The zero-order valence-corrected chi connectivity index (χ0v) is 14.5. The van der Waals surface area contributed by atoms with Gasteiger partial charge in [0, 0.05) is 18.7 Å². The second-order valence-corrected chi connectivity index (χ2v) is 6.72. The number of amides is 2. The molecule has 0 radical (unpaired) electrons. The molecule has 1 fully saturated rings. The molecule has 0 atom stereocenters. The SMILES string of the molecule is CC(=O)N(CC(=O)Nc1cc(C)cc(C)c1)C1CCCCCC1. The number of hydrogen-bond acceptors (Lipinski definition) is 2. The molecule has 1 aromatic rings. The van der Waals surface area contributed by atoms with E-state index in [2.05, 4.69) is 11.4 Å². The van der Waals surface area contributed by atoms with Crippen LogP contribution in [-0.4, -0.2) is 29.3 Å². The Morgan fingerprint density at radius 3 is 2.13 bits per heavy atom. The lowest BCUT2D eigenvalue weighted by molar-refractivity contribution is -0.135. The van der Waals surface area contributed by atoms with Crippen LogP contribution < -0.4 is 5.32 Å². The molecule has 0 unspecified atom stereocenters. The quantitative estimate of drug-likeness (QED) is 0.859. The third-order valence-electron chi connectivity index (χ3n) is 4.49. The van der Waals surface area contributed by atoms with Crippen molar-refractivity contribution < 1.29 is 9.59 Å². The van der Waals surface area contributed by atoms with Gasteiger partial charge in [-0.15, -0.1) is 0 Å². The predicted molar refractivity (Wildman–Crippen MR) is 93.4 cm³/mol. The molecule has 0 saturated heterocycles. The molecule has 0 bridgehead atoms. The van der Waals surface area contributed by atoms with Crippen LogP contribution in [0.4, 0.5) is 5.69 Å². The smallest absolute Gasteiger partial charge is 0.244 e. The molecule has 1 aromatic carbocycles. The van der Waals surface area contributed by atoms with E-state index in [0.717, 1.165) is 42.5 Å². The highest BCUT2D eigenvalue weighted by Crippen LogP contribution is 2.22. The molecule has 1 aliphatic rings. The molecule has 0 spiro atoms. The maximum absolute atomic E-state index is 12.4. The summed E-state index contributed by atoms with van der Waals surface area (Å²) in [6.45, 7) is 5.73. The molecule has 0 aromatic heterocycles. The van der Waals surface area contributed by atoms with Gasteiger partial charge in [-0.3, -0.25) is 9.59 Å². The van der Waals surface area contributed by atoms with Gasteiger partial charge in [-0.1, -0.05) is 31.7 Å². The summed E-state index contributed by atoms with van der Waals surface area (Å²) in [5, 5.41) is 2.93. The Bertz CT molecular complexity index is 540. The van der Waals surface area contributed by atoms with E-state index in [1.807, 2.05) is 26.0 Å². The third-order valence-corrected chi connectivity index (χ3v) is 4.49. The zero-order valence-electron chi connectivity index (χ0n) is 14.5. The summed E-state index contributed by atoms with van der Waals surface area (Å²) in [5.41, 5.74) is 3.04. The fourth-order valence-electron chi connectivity index (χ4n) is 3.47. The maximum atomic E-state index is 12.4. The van der Waals surface area contributed by atoms with Crippen LogP contribution in [0.15, 0.2) is 18.2 Å². The van der Waals surface area contributed by atoms with Crippen molar-refractivity contribution in [3.05, 3.63) is 29.3 Å². The second kappa shape index (κ2) is 8.14. The molecule has 1 saturated carbocycles. The average Bonchev–Trinajstić information content (AvgIpc) is 2.72. The van der Waals surface area contributed by atoms with Crippen LogP contribution in [0, 0.1) is 13.8 Å². The minimum absolute atomic E-state index is 0.00697. The molecular formula is C19H28N2O2. The highest BCUT2D eigenvalue weighted by Gasteiger charge is 2.24. The average molecular weight is 316 g/mol. The number of carbonyl (C=O) groups excluding carboxylic acids is 2. The first kappa shape index (κ1) is 17.5. The fourth-order valence-corrected chi connectivity index (χ4v) is 3.47. The van der Waals surface area contributed by atoms with Gasteiger partial charge in [0.1, 0.15) is 6.54 Å². The highest BCUT2D eigenvalue weighted by molar-refractivity contribution is 5.94. The van der Waals surface area contributed by atoms with Gasteiger partial charge in [0.05, 0.1) is 0 Å². The van der Waals surface area contributed by atoms with Gasteiger partial charge in [-0.05, 0) is 49.9 Å². The minimum atomic E-state index is -0.116. The molecule has 0 heterocycles. The lowest BCUT2D eigenvalue weighted by Gasteiger charge is -2.29. The zero-order chi connectivity index (χ0) is 16.8. The Morgan fingerprint density at radius 2 is 1.61 bits per heavy atom. The van der Waals surface area contributed by atoms with E-state index in [9.17, 15) is 9.59 Å². The van der Waals surface area contributed by atoms with Crippen LogP contribution in [-0.2, 0) is 9.59 Å². The predicted octanol–water partition coefficient (Wildman–Crippen LogP) is 3.81. The topological polar surface area (TPSA) is 49.4 Å². The Hall–Kier alpha value is -1.84. The lowest BCUT2D eigenvalue weighted by atomic mass is 10.1. The van der Waals surface area contributed by atoms with E-state index < -0.39 is 0 Å². The molecule has 0 aliphatic heterocycles. The number of aryl methyl sites for hydroxylation is 2. The Balaban J connectivity index is 2.01. The molecule has 23 heavy (non-hydrogen) atoms. The normalized spacial score (nSPS) is 15.8. The van der Waals surface area contributed by atoms with E-state index in [4.69, 9.17) is 0 Å². The number of nitrogens with one attached hydrogen (secondary N) is 1. The van der Waals surface area contributed by atoms with Gasteiger partial charge in [-0.25, -0.2) is 0 Å². The van der Waals surface area contributed by atoms with Crippen LogP contribution in [0.5, 0.6) is 0 Å². The number of carbonyl (C=O) groups is 2. The van der Waals surface area contributed by atoms with Crippen LogP contribution in [0.2, 0.25) is 0 Å². The minimum Gasteiger partial charge on any atom is -0.331 e. The molecule has 4 nitrogen and oxygen atoms in total. The Kier molecular flexibility index (Phi) is 6.20. The molecule has 1 N–H and O–H groups in total.